The molecule has 3 rings (SSSR count). The van der Waals surface area contributed by atoms with E-state index in [0.29, 0.717) is 5.75 Å². The lowest BCUT2D eigenvalue weighted by atomic mass is 10.0. The summed E-state index contributed by atoms with van der Waals surface area (Å²) in [6, 6.07) is 23.9. The van der Waals surface area contributed by atoms with Gasteiger partial charge in [-0.3, -0.25) is 4.79 Å². The summed E-state index contributed by atoms with van der Waals surface area (Å²) in [5.74, 6) is 0.593. The number of benzene rings is 3. The third-order valence-corrected chi connectivity index (χ3v) is 4.04. The SMILES string of the molecule is CCC(NC(=O)COc1ccc2ccccc2c1)c1ccccc1. The van der Waals surface area contributed by atoms with E-state index in [1.807, 2.05) is 66.7 Å². The minimum Gasteiger partial charge on any atom is -0.484 e. The maximum atomic E-state index is 12.2. The van der Waals surface area contributed by atoms with E-state index in [-0.39, 0.29) is 18.6 Å². The van der Waals surface area contributed by atoms with Crippen LogP contribution < -0.4 is 10.1 Å². The van der Waals surface area contributed by atoms with Gasteiger partial charge in [-0.1, -0.05) is 67.6 Å². The molecular weight excluding hydrogens is 298 g/mol. The van der Waals surface area contributed by atoms with Crippen LogP contribution in [0, 0.1) is 0 Å². The predicted octanol–water partition coefficient (Wildman–Crippen LogP) is 4.49. The molecule has 0 spiro atoms. The van der Waals surface area contributed by atoms with Gasteiger partial charge in [-0.15, -0.1) is 0 Å². The van der Waals surface area contributed by atoms with Gasteiger partial charge in [-0.05, 0) is 34.9 Å². The number of rotatable bonds is 6. The van der Waals surface area contributed by atoms with Crippen LogP contribution in [0.15, 0.2) is 72.8 Å². The number of fused-ring (bicyclic) bond motifs is 1. The van der Waals surface area contributed by atoms with E-state index in [9.17, 15) is 4.79 Å². The minimum absolute atomic E-state index is 0.0129. The molecule has 3 aromatic rings. The smallest absolute Gasteiger partial charge is 0.258 e. The van der Waals surface area contributed by atoms with Crippen molar-refractivity contribution in [3.8, 4) is 5.75 Å². The summed E-state index contributed by atoms with van der Waals surface area (Å²) in [5.41, 5.74) is 1.11. The molecule has 24 heavy (non-hydrogen) atoms. The highest BCUT2D eigenvalue weighted by molar-refractivity contribution is 5.84. The third kappa shape index (κ3) is 3.93. The summed E-state index contributed by atoms with van der Waals surface area (Å²) in [7, 11) is 0. The summed E-state index contributed by atoms with van der Waals surface area (Å²) in [5, 5.41) is 5.29. The van der Waals surface area contributed by atoms with E-state index >= 15 is 0 Å². The van der Waals surface area contributed by atoms with Crippen LogP contribution in [-0.4, -0.2) is 12.5 Å². The first-order valence-electron chi connectivity index (χ1n) is 8.22. The van der Waals surface area contributed by atoms with Gasteiger partial charge < -0.3 is 10.1 Å². The average Bonchev–Trinajstić information content (AvgIpc) is 2.65. The molecule has 1 amide bonds. The second-order valence-electron chi connectivity index (χ2n) is 5.74. The van der Waals surface area contributed by atoms with Crippen molar-refractivity contribution in [3.63, 3.8) is 0 Å². The molecule has 1 atom stereocenters. The van der Waals surface area contributed by atoms with Crippen LogP contribution in [-0.2, 0) is 4.79 Å². The van der Waals surface area contributed by atoms with Gasteiger partial charge in [-0.2, -0.15) is 0 Å². The molecule has 0 aliphatic carbocycles. The van der Waals surface area contributed by atoms with Gasteiger partial charge in [0.25, 0.3) is 5.91 Å². The molecular formula is C21H21NO2. The summed E-state index contributed by atoms with van der Waals surface area (Å²) in [6.07, 6.45) is 0.839. The van der Waals surface area contributed by atoms with E-state index in [1.54, 1.807) is 0 Å². The molecule has 0 bridgehead atoms. The fourth-order valence-corrected chi connectivity index (χ4v) is 2.75. The first-order chi connectivity index (χ1) is 11.8. The van der Waals surface area contributed by atoms with Crippen molar-refractivity contribution in [1.29, 1.82) is 0 Å². The number of hydrogen-bond donors (Lipinski definition) is 1. The Labute approximate surface area is 142 Å². The lowest BCUT2D eigenvalue weighted by molar-refractivity contribution is -0.123. The maximum Gasteiger partial charge on any atom is 0.258 e. The van der Waals surface area contributed by atoms with Gasteiger partial charge in [0.2, 0.25) is 0 Å². The Morgan fingerprint density at radius 1 is 0.958 bits per heavy atom. The first-order valence-corrected chi connectivity index (χ1v) is 8.22. The number of ether oxygens (including phenoxy) is 1. The first kappa shape index (κ1) is 16.1. The van der Waals surface area contributed by atoms with Crippen molar-refractivity contribution in [2.24, 2.45) is 0 Å². The molecule has 0 aromatic heterocycles. The quantitative estimate of drug-likeness (QED) is 0.727. The molecule has 0 saturated heterocycles. The van der Waals surface area contributed by atoms with E-state index in [1.165, 1.54) is 0 Å². The van der Waals surface area contributed by atoms with E-state index < -0.39 is 0 Å². The molecule has 0 fully saturated rings. The third-order valence-electron chi connectivity index (χ3n) is 4.04. The molecule has 3 nitrogen and oxygen atoms in total. The lowest BCUT2D eigenvalue weighted by Crippen LogP contribution is -2.32. The van der Waals surface area contributed by atoms with Gasteiger partial charge in [0.15, 0.2) is 6.61 Å². The topological polar surface area (TPSA) is 38.3 Å². The molecule has 1 unspecified atom stereocenters. The van der Waals surface area contributed by atoms with Crippen molar-refractivity contribution < 1.29 is 9.53 Å². The van der Waals surface area contributed by atoms with E-state index in [0.717, 1.165) is 22.8 Å². The molecule has 0 heterocycles. The molecule has 1 N–H and O–H groups in total. The molecule has 122 valence electrons. The Morgan fingerprint density at radius 3 is 2.42 bits per heavy atom. The second kappa shape index (κ2) is 7.64. The van der Waals surface area contributed by atoms with Gasteiger partial charge >= 0.3 is 0 Å². The van der Waals surface area contributed by atoms with Crippen molar-refractivity contribution >= 4 is 16.7 Å². The zero-order valence-electron chi connectivity index (χ0n) is 13.7. The highest BCUT2D eigenvalue weighted by Crippen LogP contribution is 2.20. The summed E-state index contributed by atoms with van der Waals surface area (Å²) >= 11 is 0. The number of carbonyl (C=O) groups excluding carboxylic acids is 1. The van der Waals surface area contributed by atoms with Crippen molar-refractivity contribution in [2.75, 3.05) is 6.61 Å². The van der Waals surface area contributed by atoms with Crippen LogP contribution in [0.3, 0.4) is 0 Å². The zero-order valence-corrected chi connectivity index (χ0v) is 13.7. The van der Waals surface area contributed by atoms with E-state index in [2.05, 4.69) is 18.3 Å². The monoisotopic (exact) mass is 319 g/mol. The van der Waals surface area contributed by atoms with E-state index in [4.69, 9.17) is 4.74 Å². The molecule has 0 aliphatic rings. The lowest BCUT2D eigenvalue weighted by Gasteiger charge is -2.17. The standard InChI is InChI=1S/C21H21NO2/c1-2-20(17-9-4-3-5-10-17)22-21(23)15-24-19-13-12-16-8-6-7-11-18(16)14-19/h3-14,20H,2,15H2,1H3,(H,22,23). The Bertz CT molecular complexity index is 814. The summed E-state index contributed by atoms with van der Waals surface area (Å²) in [6.45, 7) is 2.07. The minimum atomic E-state index is -0.112. The molecule has 3 heteroatoms. The molecule has 0 radical (unpaired) electrons. The van der Waals surface area contributed by atoms with Gasteiger partial charge in [0.1, 0.15) is 5.75 Å². The van der Waals surface area contributed by atoms with Gasteiger partial charge in [0.05, 0.1) is 6.04 Å². The Kier molecular flexibility index (Phi) is 5.12. The highest BCUT2D eigenvalue weighted by Gasteiger charge is 2.12. The number of amides is 1. The van der Waals surface area contributed by atoms with Crippen LogP contribution in [0.5, 0.6) is 5.75 Å². The Morgan fingerprint density at radius 2 is 1.67 bits per heavy atom. The second-order valence-corrected chi connectivity index (χ2v) is 5.74. The molecule has 0 saturated carbocycles. The molecule has 3 aromatic carbocycles. The Balaban J connectivity index is 1.60. The highest BCUT2D eigenvalue weighted by atomic mass is 16.5. The van der Waals surface area contributed by atoms with Crippen molar-refractivity contribution in [2.45, 2.75) is 19.4 Å². The average molecular weight is 319 g/mol. The number of nitrogens with one attached hydrogen (secondary N) is 1. The van der Waals surface area contributed by atoms with Crippen LogP contribution in [0.1, 0.15) is 24.9 Å². The summed E-state index contributed by atoms with van der Waals surface area (Å²) < 4.78 is 5.65. The zero-order chi connectivity index (χ0) is 16.8. The van der Waals surface area contributed by atoms with Crippen LogP contribution in [0.25, 0.3) is 10.8 Å². The van der Waals surface area contributed by atoms with Crippen LogP contribution >= 0.6 is 0 Å². The Hall–Kier alpha value is -2.81. The van der Waals surface area contributed by atoms with Crippen molar-refractivity contribution in [1.82, 2.24) is 5.32 Å². The fourth-order valence-electron chi connectivity index (χ4n) is 2.75. The van der Waals surface area contributed by atoms with Crippen LogP contribution in [0.2, 0.25) is 0 Å². The molecule has 0 aliphatic heterocycles. The number of hydrogen-bond acceptors (Lipinski definition) is 2. The maximum absolute atomic E-state index is 12.2. The summed E-state index contributed by atoms with van der Waals surface area (Å²) in [4.78, 5) is 12.2. The fraction of sp³-hybridized carbons (Fsp3) is 0.190. The predicted molar refractivity (Wildman–Crippen MR) is 97.1 cm³/mol. The van der Waals surface area contributed by atoms with Gasteiger partial charge in [-0.25, -0.2) is 0 Å². The largest absolute Gasteiger partial charge is 0.484 e. The van der Waals surface area contributed by atoms with Crippen LogP contribution in [0.4, 0.5) is 0 Å². The number of carbonyl (C=O) groups is 1. The normalized spacial score (nSPS) is 11.9. The van der Waals surface area contributed by atoms with Crippen molar-refractivity contribution in [3.05, 3.63) is 78.4 Å². The van der Waals surface area contributed by atoms with Gasteiger partial charge in [0, 0.05) is 0 Å².